The van der Waals surface area contributed by atoms with Crippen molar-refractivity contribution in [2.24, 2.45) is 5.92 Å². The number of benzene rings is 3. The van der Waals surface area contributed by atoms with E-state index in [1.807, 2.05) is 6.92 Å². The Morgan fingerprint density at radius 2 is 1.79 bits per heavy atom. The number of carbonyl (C=O) groups is 3. The van der Waals surface area contributed by atoms with Gasteiger partial charge in [-0.15, -0.1) is 0 Å². The zero-order chi connectivity index (χ0) is 27.9. The van der Waals surface area contributed by atoms with Crippen molar-refractivity contribution in [3.8, 4) is 0 Å². The maximum Gasteiger partial charge on any atom is 0.297 e. The summed E-state index contributed by atoms with van der Waals surface area (Å²) in [6.07, 6.45) is 1.64. The number of aryl methyl sites for hydroxylation is 1. The molecule has 1 aliphatic heterocycles. The molecule has 1 amide bonds. The first kappa shape index (κ1) is 26.7. The molecule has 1 saturated heterocycles. The molecule has 0 saturated carbocycles. The van der Waals surface area contributed by atoms with Crippen molar-refractivity contribution in [1.29, 1.82) is 0 Å². The second kappa shape index (κ2) is 10.4. The zero-order valence-corrected chi connectivity index (χ0v) is 23.0. The maximum atomic E-state index is 13.9. The first-order valence-electron chi connectivity index (χ1n) is 11.9. The van der Waals surface area contributed by atoms with Gasteiger partial charge in [-0.1, -0.05) is 60.2 Å². The Balaban J connectivity index is 1.63. The lowest BCUT2D eigenvalue weighted by atomic mass is 9.84. The molecular formula is C28H22ClN3O5S2. The van der Waals surface area contributed by atoms with Crippen molar-refractivity contribution in [3.05, 3.63) is 101 Å². The molecule has 0 bridgehead atoms. The Labute approximate surface area is 234 Å². The molecule has 2 heterocycles. The molecule has 1 aliphatic rings. The average molecular weight is 580 g/mol. The van der Waals surface area contributed by atoms with Crippen LogP contribution in [0.15, 0.2) is 88.1 Å². The van der Waals surface area contributed by atoms with E-state index in [0.717, 1.165) is 22.4 Å². The summed E-state index contributed by atoms with van der Waals surface area (Å²) in [5.41, 5.74) is 7.76. The highest BCUT2D eigenvalue weighted by molar-refractivity contribution is 7.93. The summed E-state index contributed by atoms with van der Waals surface area (Å²) >= 11 is 7.00. The molecule has 8 nitrogen and oxygen atoms in total. The van der Waals surface area contributed by atoms with Crippen LogP contribution in [0.1, 0.15) is 34.5 Å². The van der Waals surface area contributed by atoms with E-state index in [0.29, 0.717) is 33.8 Å². The Morgan fingerprint density at radius 3 is 2.49 bits per heavy atom. The van der Waals surface area contributed by atoms with Crippen LogP contribution in [0.5, 0.6) is 0 Å². The number of anilines is 2. The lowest BCUT2D eigenvalue weighted by molar-refractivity contribution is -0.135. The minimum atomic E-state index is -3.92. The van der Waals surface area contributed by atoms with E-state index >= 15 is 0 Å². The summed E-state index contributed by atoms with van der Waals surface area (Å²) in [5, 5.41) is 0.329. The number of carbonyl (C=O) groups excluding carboxylic acids is 3. The third-order valence-electron chi connectivity index (χ3n) is 6.55. The lowest BCUT2D eigenvalue weighted by Gasteiger charge is -2.25. The van der Waals surface area contributed by atoms with Crippen LogP contribution in [0.25, 0.3) is 0 Å². The summed E-state index contributed by atoms with van der Waals surface area (Å²) in [7, 11) is -3.92. The summed E-state index contributed by atoms with van der Waals surface area (Å²) < 4.78 is 26.3. The number of nitrogens with zero attached hydrogens (tertiary/aromatic N) is 2. The second-order valence-corrected chi connectivity index (χ2v) is 12.6. The zero-order valence-electron chi connectivity index (χ0n) is 20.6. The highest BCUT2D eigenvalue weighted by Gasteiger charge is 2.53. The van der Waals surface area contributed by atoms with Crippen molar-refractivity contribution in [1.82, 2.24) is 4.98 Å². The van der Waals surface area contributed by atoms with Crippen molar-refractivity contribution < 1.29 is 22.8 Å². The van der Waals surface area contributed by atoms with Gasteiger partial charge in [0.2, 0.25) is 15.6 Å². The molecule has 1 aromatic heterocycles. The Kier molecular flexibility index (Phi) is 7.11. The molecule has 1 fully saturated rings. The molecule has 198 valence electrons. The standard InChI is InChI=1S/C28H22ClN3O5S2/c1-2-16-14-19(30)11-12-21(16)25(33)23-24(17-7-6-8-18(29)13-17)32(27(35)26(23)34)28-31-15-22(38-28)39(36,37)20-9-4-3-5-10-20/h3-15,23-24H,2,30H2,1H3. The van der Waals surface area contributed by atoms with E-state index in [4.69, 9.17) is 17.3 Å². The van der Waals surface area contributed by atoms with E-state index in [2.05, 4.69) is 4.98 Å². The summed E-state index contributed by atoms with van der Waals surface area (Å²) in [5.74, 6) is -3.80. The average Bonchev–Trinajstić information content (AvgIpc) is 3.52. The molecule has 3 aromatic carbocycles. The monoisotopic (exact) mass is 579 g/mol. The normalized spacial score (nSPS) is 17.5. The Morgan fingerprint density at radius 1 is 1.05 bits per heavy atom. The highest BCUT2D eigenvalue weighted by Crippen LogP contribution is 2.44. The summed E-state index contributed by atoms with van der Waals surface area (Å²) in [6, 6.07) is 18.0. The van der Waals surface area contributed by atoms with Crippen LogP contribution >= 0.6 is 22.9 Å². The van der Waals surface area contributed by atoms with Crippen LogP contribution in [0.3, 0.4) is 0 Å². The Bertz CT molecular complexity index is 1720. The van der Waals surface area contributed by atoms with Crippen LogP contribution < -0.4 is 10.6 Å². The van der Waals surface area contributed by atoms with Crippen molar-refractivity contribution >= 4 is 61.1 Å². The third-order valence-corrected chi connectivity index (χ3v) is 10.0. The number of nitrogens with two attached hydrogens (primary N) is 1. The van der Waals surface area contributed by atoms with E-state index in [1.54, 1.807) is 60.7 Å². The lowest BCUT2D eigenvalue weighted by Crippen LogP contribution is -2.30. The molecule has 0 spiro atoms. The fourth-order valence-corrected chi connectivity index (χ4v) is 7.46. The number of nitrogen functional groups attached to an aromatic ring is 1. The number of Topliss-reactive ketones (excluding diaryl/α,β-unsaturated/α-hetero) is 2. The fraction of sp³-hybridized carbons (Fsp3) is 0.143. The van der Waals surface area contributed by atoms with Gasteiger partial charge in [-0.3, -0.25) is 19.3 Å². The van der Waals surface area contributed by atoms with Crippen LogP contribution in [-0.4, -0.2) is 30.9 Å². The quantitative estimate of drug-likeness (QED) is 0.142. The number of hydrogen-bond acceptors (Lipinski definition) is 8. The Hall–Kier alpha value is -3.86. The molecule has 11 heteroatoms. The molecule has 4 aromatic rings. The van der Waals surface area contributed by atoms with Gasteiger partial charge in [-0.25, -0.2) is 13.4 Å². The number of halogens is 1. The fourth-order valence-electron chi connectivity index (χ4n) is 4.69. The topological polar surface area (TPSA) is 128 Å². The van der Waals surface area contributed by atoms with E-state index in [9.17, 15) is 22.8 Å². The van der Waals surface area contributed by atoms with Gasteiger partial charge in [0, 0.05) is 16.3 Å². The minimum absolute atomic E-state index is 0.0175. The van der Waals surface area contributed by atoms with Gasteiger partial charge in [-0.2, -0.15) is 0 Å². The number of hydrogen-bond donors (Lipinski definition) is 1. The molecule has 5 rings (SSSR count). The van der Waals surface area contributed by atoms with Crippen LogP contribution in [-0.2, 0) is 25.8 Å². The second-order valence-electron chi connectivity index (χ2n) is 8.93. The van der Waals surface area contributed by atoms with E-state index in [1.165, 1.54) is 12.1 Å². The van der Waals surface area contributed by atoms with Gasteiger partial charge in [-0.05, 0) is 60.0 Å². The SMILES string of the molecule is CCc1cc(N)ccc1C(=O)C1C(=O)C(=O)N(c2ncc(S(=O)(=O)c3ccccc3)s2)C1c1cccc(Cl)c1. The van der Waals surface area contributed by atoms with Crippen molar-refractivity contribution in [2.45, 2.75) is 28.5 Å². The summed E-state index contributed by atoms with van der Waals surface area (Å²) in [4.78, 5) is 46.2. The van der Waals surface area contributed by atoms with Gasteiger partial charge >= 0.3 is 0 Å². The molecule has 2 N–H and O–H groups in total. The summed E-state index contributed by atoms with van der Waals surface area (Å²) in [6.45, 7) is 1.86. The van der Waals surface area contributed by atoms with Gasteiger partial charge in [0.05, 0.1) is 17.1 Å². The number of aromatic nitrogens is 1. The molecule has 0 radical (unpaired) electrons. The molecule has 0 aliphatic carbocycles. The van der Waals surface area contributed by atoms with Crippen molar-refractivity contribution in [3.63, 3.8) is 0 Å². The predicted octanol–water partition coefficient (Wildman–Crippen LogP) is 4.93. The number of ketones is 2. The van der Waals surface area contributed by atoms with Gasteiger partial charge in [0.25, 0.3) is 5.91 Å². The first-order chi connectivity index (χ1) is 18.6. The molecule has 39 heavy (non-hydrogen) atoms. The minimum Gasteiger partial charge on any atom is -0.399 e. The number of rotatable bonds is 7. The van der Waals surface area contributed by atoms with Gasteiger partial charge < -0.3 is 5.73 Å². The largest absolute Gasteiger partial charge is 0.399 e. The molecule has 2 atom stereocenters. The van der Waals surface area contributed by atoms with Crippen LogP contribution in [0.4, 0.5) is 10.8 Å². The van der Waals surface area contributed by atoms with Crippen LogP contribution in [0.2, 0.25) is 5.02 Å². The third kappa shape index (κ3) is 4.75. The van der Waals surface area contributed by atoms with E-state index in [-0.39, 0.29) is 14.2 Å². The van der Waals surface area contributed by atoms with Gasteiger partial charge in [0.1, 0.15) is 10.1 Å². The maximum absolute atomic E-state index is 13.9. The number of thiazole rings is 1. The smallest absolute Gasteiger partial charge is 0.297 e. The van der Waals surface area contributed by atoms with Gasteiger partial charge in [0.15, 0.2) is 10.9 Å². The van der Waals surface area contributed by atoms with Crippen LogP contribution in [0, 0.1) is 5.92 Å². The molecule has 2 unspecified atom stereocenters. The number of sulfone groups is 1. The molecular weight excluding hydrogens is 558 g/mol. The first-order valence-corrected chi connectivity index (χ1v) is 14.6. The van der Waals surface area contributed by atoms with Crippen molar-refractivity contribution in [2.75, 3.05) is 10.6 Å². The van der Waals surface area contributed by atoms with E-state index < -0.39 is 39.3 Å². The number of amides is 1. The highest BCUT2D eigenvalue weighted by atomic mass is 35.5. The predicted molar refractivity (Wildman–Crippen MR) is 149 cm³/mol.